The minimum atomic E-state index is -3.25. The summed E-state index contributed by atoms with van der Waals surface area (Å²) < 4.78 is 39.7. The molecule has 0 aromatic heterocycles. The van der Waals surface area contributed by atoms with E-state index >= 15 is 0 Å². The summed E-state index contributed by atoms with van der Waals surface area (Å²) in [5.74, 6) is -0.385. The molecule has 0 radical (unpaired) electrons. The number of nitrogens with zero attached hydrogens (tertiary/aromatic N) is 2. The second-order valence-electron chi connectivity index (χ2n) is 6.07. The van der Waals surface area contributed by atoms with E-state index in [2.05, 4.69) is 0 Å². The average molecular weight is 356 g/mol. The van der Waals surface area contributed by atoms with Gasteiger partial charge in [-0.15, -0.1) is 0 Å². The third-order valence-corrected chi connectivity index (χ3v) is 6.21. The summed E-state index contributed by atoms with van der Waals surface area (Å²) in [7, 11) is -3.25. The lowest BCUT2D eigenvalue weighted by atomic mass is 10.1. The highest BCUT2D eigenvalue weighted by molar-refractivity contribution is 7.89. The smallest absolute Gasteiger partial charge is 0.227 e. The van der Waals surface area contributed by atoms with Crippen molar-refractivity contribution in [3.63, 3.8) is 0 Å². The summed E-state index contributed by atoms with van der Waals surface area (Å²) in [6, 6.07) is 6.24. The molecule has 0 aliphatic carbocycles. The van der Waals surface area contributed by atoms with E-state index in [1.807, 2.05) is 6.92 Å². The van der Waals surface area contributed by atoms with Crippen LogP contribution in [0.5, 0.6) is 0 Å². The Morgan fingerprint density at radius 1 is 1.17 bits per heavy atom. The molecule has 1 fully saturated rings. The van der Waals surface area contributed by atoms with Gasteiger partial charge in [0.25, 0.3) is 0 Å². The molecule has 7 heteroatoms. The first kappa shape index (κ1) is 18.9. The Morgan fingerprint density at radius 2 is 1.92 bits per heavy atom. The lowest BCUT2D eigenvalue weighted by Crippen LogP contribution is -2.38. The molecule has 134 valence electrons. The van der Waals surface area contributed by atoms with E-state index in [1.54, 1.807) is 23.1 Å². The summed E-state index contributed by atoms with van der Waals surface area (Å²) in [5.41, 5.74) is 0.374. The lowest BCUT2D eigenvalue weighted by molar-refractivity contribution is -0.130. The van der Waals surface area contributed by atoms with Gasteiger partial charge in [0.05, 0.1) is 12.2 Å². The molecule has 0 bridgehead atoms. The Labute approximate surface area is 143 Å². The van der Waals surface area contributed by atoms with Crippen LogP contribution in [0.4, 0.5) is 4.39 Å². The van der Waals surface area contributed by atoms with Crippen LogP contribution in [0.1, 0.15) is 31.7 Å². The molecule has 24 heavy (non-hydrogen) atoms. The summed E-state index contributed by atoms with van der Waals surface area (Å²) in [4.78, 5) is 14.0. The topological polar surface area (TPSA) is 57.7 Å². The van der Waals surface area contributed by atoms with Crippen molar-refractivity contribution in [1.29, 1.82) is 0 Å². The monoisotopic (exact) mass is 356 g/mol. The van der Waals surface area contributed by atoms with Gasteiger partial charge in [0, 0.05) is 26.2 Å². The van der Waals surface area contributed by atoms with Crippen molar-refractivity contribution in [2.24, 2.45) is 0 Å². The van der Waals surface area contributed by atoms with Gasteiger partial charge >= 0.3 is 0 Å². The maximum Gasteiger partial charge on any atom is 0.227 e. The van der Waals surface area contributed by atoms with Gasteiger partial charge in [0.1, 0.15) is 5.82 Å². The molecule has 1 amide bonds. The Kier molecular flexibility index (Phi) is 6.74. The largest absolute Gasteiger partial charge is 0.341 e. The minimum absolute atomic E-state index is 0.00918. The molecule has 2 rings (SSSR count). The molecule has 0 unspecified atom stereocenters. The van der Waals surface area contributed by atoms with Crippen molar-refractivity contribution in [3.05, 3.63) is 35.6 Å². The molecular formula is C17H25FN2O3S. The van der Waals surface area contributed by atoms with Gasteiger partial charge in [-0.05, 0) is 24.5 Å². The fourth-order valence-electron chi connectivity index (χ4n) is 2.79. The van der Waals surface area contributed by atoms with Gasteiger partial charge in [-0.25, -0.2) is 17.1 Å². The number of unbranched alkanes of at least 4 members (excludes halogenated alkanes) is 1. The van der Waals surface area contributed by atoms with Crippen LogP contribution >= 0.6 is 0 Å². The van der Waals surface area contributed by atoms with Gasteiger partial charge in [0.2, 0.25) is 15.9 Å². The van der Waals surface area contributed by atoms with Crippen LogP contribution < -0.4 is 0 Å². The SMILES string of the molecule is CCCCS(=O)(=O)N1CCCN(C(=O)Cc2ccccc2F)CC1. The Hall–Kier alpha value is -1.47. The van der Waals surface area contributed by atoms with E-state index in [4.69, 9.17) is 0 Å². The van der Waals surface area contributed by atoms with Crippen LogP contribution in [0.15, 0.2) is 24.3 Å². The second-order valence-corrected chi connectivity index (χ2v) is 8.16. The molecule has 0 saturated carbocycles. The first-order valence-electron chi connectivity index (χ1n) is 8.43. The van der Waals surface area contributed by atoms with Crippen LogP contribution in [-0.4, -0.2) is 55.5 Å². The fourth-order valence-corrected chi connectivity index (χ4v) is 4.47. The van der Waals surface area contributed by atoms with Gasteiger partial charge in [-0.3, -0.25) is 4.79 Å². The van der Waals surface area contributed by atoms with Crippen LogP contribution in [-0.2, 0) is 21.2 Å². The normalized spacial score (nSPS) is 16.8. The van der Waals surface area contributed by atoms with Crippen LogP contribution in [0, 0.1) is 5.82 Å². The highest BCUT2D eigenvalue weighted by Crippen LogP contribution is 2.13. The standard InChI is InChI=1S/C17H25FN2O3S/c1-2-3-13-24(22,23)20-10-6-9-19(11-12-20)17(21)14-15-7-4-5-8-16(15)18/h4-5,7-8H,2-3,6,9-14H2,1H3. The van der Waals surface area contributed by atoms with Crippen molar-refractivity contribution in [2.75, 3.05) is 31.9 Å². The molecule has 1 aliphatic heterocycles. The third kappa shape index (κ3) is 5.01. The molecule has 1 aliphatic rings. The quantitative estimate of drug-likeness (QED) is 0.784. The van der Waals surface area contributed by atoms with E-state index in [9.17, 15) is 17.6 Å². The molecule has 1 aromatic rings. The lowest BCUT2D eigenvalue weighted by Gasteiger charge is -2.22. The van der Waals surface area contributed by atoms with E-state index in [0.29, 0.717) is 44.6 Å². The first-order chi connectivity index (χ1) is 11.4. The van der Waals surface area contributed by atoms with Gasteiger partial charge in [-0.1, -0.05) is 31.5 Å². The van der Waals surface area contributed by atoms with Crippen molar-refractivity contribution in [2.45, 2.75) is 32.6 Å². The second kappa shape index (κ2) is 8.58. The summed E-state index contributed by atoms with van der Waals surface area (Å²) >= 11 is 0. The van der Waals surface area contributed by atoms with Crippen LogP contribution in [0.3, 0.4) is 0 Å². The molecule has 1 heterocycles. The number of carbonyl (C=O) groups is 1. The van der Waals surface area contributed by atoms with Crippen molar-refractivity contribution < 1.29 is 17.6 Å². The predicted octanol–water partition coefficient (Wildman–Crippen LogP) is 2.03. The average Bonchev–Trinajstić information content (AvgIpc) is 2.82. The summed E-state index contributed by atoms with van der Waals surface area (Å²) in [5, 5.41) is 0. The number of benzene rings is 1. The molecule has 1 saturated heterocycles. The Morgan fingerprint density at radius 3 is 2.62 bits per heavy atom. The van der Waals surface area contributed by atoms with Crippen molar-refractivity contribution >= 4 is 15.9 Å². The van der Waals surface area contributed by atoms with Crippen molar-refractivity contribution in [3.8, 4) is 0 Å². The number of amides is 1. The maximum atomic E-state index is 13.7. The predicted molar refractivity (Wildman–Crippen MR) is 91.6 cm³/mol. The molecule has 0 atom stereocenters. The number of hydrogen-bond acceptors (Lipinski definition) is 3. The zero-order valence-electron chi connectivity index (χ0n) is 14.1. The van der Waals surface area contributed by atoms with Gasteiger partial charge < -0.3 is 4.90 Å². The molecule has 0 N–H and O–H groups in total. The Bertz CT molecular complexity index is 664. The van der Waals surface area contributed by atoms with E-state index in [0.717, 1.165) is 6.42 Å². The zero-order valence-corrected chi connectivity index (χ0v) is 14.9. The molecule has 5 nitrogen and oxygen atoms in total. The van der Waals surface area contributed by atoms with E-state index in [1.165, 1.54) is 10.4 Å². The molecule has 0 spiro atoms. The number of carbonyl (C=O) groups excluding carboxylic acids is 1. The number of sulfonamides is 1. The first-order valence-corrected chi connectivity index (χ1v) is 10.0. The number of hydrogen-bond donors (Lipinski definition) is 0. The van der Waals surface area contributed by atoms with E-state index in [-0.39, 0.29) is 23.9 Å². The van der Waals surface area contributed by atoms with Gasteiger partial charge in [-0.2, -0.15) is 0 Å². The maximum absolute atomic E-state index is 13.7. The van der Waals surface area contributed by atoms with Gasteiger partial charge in [0.15, 0.2) is 0 Å². The Balaban J connectivity index is 1.95. The fraction of sp³-hybridized carbons (Fsp3) is 0.588. The van der Waals surface area contributed by atoms with E-state index < -0.39 is 10.0 Å². The third-order valence-electron chi connectivity index (χ3n) is 4.26. The zero-order chi connectivity index (χ0) is 17.6. The molecule has 1 aromatic carbocycles. The summed E-state index contributed by atoms with van der Waals surface area (Å²) in [6.07, 6.45) is 2.10. The summed E-state index contributed by atoms with van der Waals surface area (Å²) in [6.45, 7) is 3.58. The van der Waals surface area contributed by atoms with Crippen LogP contribution in [0.25, 0.3) is 0 Å². The number of rotatable bonds is 6. The highest BCUT2D eigenvalue weighted by atomic mass is 32.2. The van der Waals surface area contributed by atoms with Crippen molar-refractivity contribution in [1.82, 2.24) is 9.21 Å². The van der Waals surface area contributed by atoms with Crippen LogP contribution in [0.2, 0.25) is 0 Å². The minimum Gasteiger partial charge on any atom is -0.341 e. The highest BCUT2D eigenvalue weighted by Gasteiger charge is 2.26. The molecular weight excluding hydrogens is 331 g/mol. The number of halogens is 1.